The van der Waals surface area contributed by atoms with E-state index in [2.05, 4.69) is 24.8 Å². The van der Waals surface area contributed by atoms with Crippen molar-refractivity contribution in [3.05, 3.63) is 24.0 Å². The van der Waals surface area contributed by atoms with Gasteiger partial charge in [-0.15, -0.1) is 0 Å². The highest BCUT2D eigenvalue weighted by atomic mass is 15.1. The number of likely N-dealkylation sites (N-methyl/N-ethyl adjacent to an activating group) is 1. The first-order valence-electron chi connectivity index (χ1n) is 3.42. The van der Waals surface area contributed by atoms with Gasteiger partial charge in [0.1, 0.15) is 0 Å². The van der Waals surface area contributed by atoms with Crippen molar-refractivity contribution in [3.8, 4) is 0 Å². The maximum absolute atomic E-state index is 5.58. The molecule has 0 bridgehead atoms. The zero-order chi connectivity index (χ0) is 7.78. The Hall–Kier alpha value is -0.920. The van der Waals surface area contributed by atoms with Crippen molar-refractivity contribution in [2.75, 3.05) is 7.05 Å². The van der Waals surface area contributed by atoms with E-state index >= 15 is 0 Å². The first-order valence-corrected chi connectivity index (χ1v) is 3.42. The van der Waals surface area contributed by atoms with Crippen LogP contribution in [-0.2, 0) is 0 Å². The van der Waals surface area contributed by atoms with E-state index in [1.165, 1.54) is 0 Å². The van der Waals surface area contributed by atoms with Gasteiger partial charge in [0, 0.05) is 18.9 Å². The summed E-state index contributed by atoms with van der Waals surface area (Å²) in [6, 6.07) is 0. The fourth-order valence-electron chi connectivity index (χ4n) is 0.851. The van der Waals surface area contributed by atoms with Gasteiger partial charge in [0.15, 0.2) is 0 Å². The molecule has 0 unspecified atom stereocenters. The van der Waals surface area contributed by atoms with E-state index < -0.39 is 0 Å². The minimum Gasteiger partial charge on any atom is -0.398 e. The van der Waals surface area contributed by atoms with E-state index in [1.54, 1.807) is 0 Å². The van der Waals surface area contributed by atoms with Crippen LogP contribution in [0.25, 0.3) is 0 Å². The normalized spacial score (nSPS) is 22.7. The molecule has 1 heterocycles. The lowest BCUT2D eigenvalue weighted by Crippen LogP contribution is -2.37. The molecule has 0 aromatic rings. The molecule has 0 spiro atoms. The van der Waals surface area contributed by atoms with Crippen molar-refractivity contribution < 1.29 is 0 Å². The van der Waals surface area contributed by atoms with Gasteiger partial charge in [-0.2, -0.15) is 0 Å². The van der Waals surface area contributed by atoms with Crippen LogP contribution in [0.15, 0.2) is 24.0 Å². The number of nitrogens with zero attached hydrogens (tertiary/aromatic N) is 1. The monoisotopic (exact) mass is 138 g/mol. The van der Waals surface area contributed by atoms with E-state index in [1.807, 2.05) is 19.3 Å². The van der Waals surface area contributed by atoms with Gasteiger partial charge in [0.2, 0.25) is 0 Å². The molecule has 0 aromatic heterocycles. The van der Waals surface area contributed by atoms with Gasteiger partial charge in [-0.05, 0) is 19.9 Å². The summed E-state index contributed by atoms with van der Waals surface area (Å²) >= 11 is 0. The summed E-state index contributed by atoms with van der Waals surface area (Å²) in [6.07, 6.45) is 5.99. The third kappa shape index (κ3) is 1.15. The molecule has 2 heteroatoms. The Morgan fingerprint density at radius 1 is 1.50 bits per heavy atom. The molecule has 1 rings (SSSR count). The molecule has 0 atom stereocenters. The molecule has 0 aliphatic carbocycles. The van der Waals surface area contributed by atoms with Crippen LogP contribution in [0.3, 0.4) is 0 Å². The van der Waals surface area contributed by atoms with Crippen LogP contribution >= 0.6 is 0 Å². The zero-order valence-corrected chi connectivity index (χ0v) is 6.76. The van der Waals surface area contributed by atoms with Crippen LogP contribution in [-0.4, -0.2) is 17.5 Å². The number of rotatable bonds is 0. The molecular formula is C8H14N2. The Labute approximate surface area is 62.0 Å². The zero-order valence-electron chi connectivity index (χ0n) is 6.76. The molecule has 1 aliphatic heterocycles. The first-order chi connectivity index (χ1) is 4.52. The molecule has 2 nitrogen and oxygen atoms in total. The van der Waals surface area contributed by atoms with Gasteiger partial charge in [0.05, 0.1) is 5.54 Å². The van der Waals surface area contributed by atoms with Crippen molar-refractivity contribution in [2.24, 2.45) is 5.73 Å². The Morgan fingerprint density at radius 3 is 2.50 bits per heavy atom. The molecule has 56 valence electrons. The SMILES string of the molecule is CN1C=C(N)C=CC1(C)C. The highest BCUT2D eigenvalue weighted by Crippen LogP contribution is 2.19. The minimum absolute atomic E-state index is 0.114. The molecule has 0 aromatic carbocycles. The largest absolute Gasteiger partial charge is 0.398 e. The van der Waals surface area contributed by atoms with Gasteiger partial charge >= 0.3 is 0 Å². The van der Waals surface area contributed by atoms with Gasteiger partial charge in [-0.1, -0.05) is 6.08 Å². The predicted molar refractivity (Wildman–Crippen MR) is 43.3 cm³/mol. The summed E-state index contributed by atoms with van der Waals surface area (Å²) in [5.74, 6) is 0. The molecule has 1 aliphatic rings. The number of nitrogens with two attached hydrogens (primary N) is 1. The van der Waals surface area contributed by atoms with E-state index in [0.29, 0.717) is 0 Å². The van der Waals surface area contributed by atoms with Crippen LogP contribution in [0.4, 0.5) is 0 Å². The molecule has 0 radical (unpaired) electrons. The summed E-state index contributed by atoms with van der Waals surface area (Å²) in [7, 11) is 2.02. The van der Waals surface area contributed by atoms with Gasteiger partial charge in [0.25, 0.3) is 0 Å². The predicted octanol–water partition coefficient (Wildman–Crippen LogP) is 1.07. The van der Waals surface area contributed by atoms with Gasteiger partial charge in [-0.3, -0.25) is 0 Å². The average molecular weight is 138 g/mol. The minimum atomic E-state index is 0.114. The van der Waals surface area contributed by atoms with E-state index in [9.17, 15) is 0 Å². The van der Waals surface area contributed by atoms with Gasteiger partial charge < -0.3 is 10.6 Å². The van der Waals surface area contributed by atoms with Crippen molar-refractivity contribution in [1.29, 1.82) is 0 Å². The molecule has 0 fully saturated rings. The van der Waals surface area contributed by atoms with Gasteiger partial charge in [-0.25, -0.2) is 0 Å². The summed E-state index contributed by atoms with van der Waals surface area (Å²) in [4.78, 5) is 2.10. The second-order valence-electron chi connectivity index (χ2n) is 3.23. The molecular weight excluding hydrogens is 124 g/mol. The fourth-order valence-corrected chi connectivity index (χ4v) is 0.851. The summed E-state index contributed by atoms with van der Waals surface area (Å²) < 4.78 is 0. The average Bonchev–Trinajstić information content (AvgIpc) is 1.81. The topological polar surface area (TPSA) is 29.3 Å². The number of hydrogen-bond acceptors (Lipinski definition) is 2. The van der Waals surface area contributed by atoms with Crippen LogP contribution in [0.1, 0.15) is 13.8 Å². The summed E-state index contributed by atoms with van der Waals surface area (Å²) in [6.45, 7) is 4.29. The highest BCUT2D eigenvalue weighted by Gasteiger charge is 2.19. The third-order valence-electron chi connectivity index (χ3n) is 1.94. The number of hydrogen-bond donors (Lipinski definition) is 1. The highest BCUT2D eigenvalue weighted by molar-refractivity contribution is 5.24. The Morgan fingerprint density at radius 2 is 2.10 bits per heavy atom. The Balaban J connectivity index is 2.84. The quantitative estimate of drug-likeness (QED) is 0.542. The summed E-state index contributed by atoms with van der Waals surface area (Å²) in [5.41, 5.74) is 6.51. The lowest BCUT2D eigenvalue weighted by molar-refractivity contribution is 0.279. The van der Waals surface area contributed by atoms with Crippen LogP contribution in [0, 0.1) is 0 Å². The van der Waals surface area contributed by atoms with Crippen molar-refractivity contribution in [2.45, 2.75) is 19.4 Å². The molecule has 0 amide bonds. The first kappa shape index (κ1) is 7.19. The Bertz CT molecular complexity index is 189. The van der Waals surface area contributed by atoms with E-state index in [0.717, 1.165) is 5.70 Å². The third-order valence-corrected chi connectivity index (χ3v) is 1.94. The van der Waals surface area contributed by atoms with Crippen LogP contribution in [0.2, 0.25) is 0 Å². The maximum atomic E-state index is 5.58. The lowest BCUT2D eigenvalue weighted by Gasteiger charge is -2.34. The Kier molecular flexibility index (Phi) is 1.47. The second kappa shape index (κ2) is 2.04. The van der Waals surface area contributed by atoms with Crippen molar-refractivity contribution in [3.63, 3.8) is 0 Å². The number of allylic oxidation sites excluding steroid dienone is 1. The smallest absolute Gasteiger partial charge is 0.0524 e. The maximum Gasteiger partial charge on any atom is 0.0524 e. The molecule has 0 saturated carbocycles. The van der Waals surface area contributed by atoms with Crippen molar-refractivity contribution >= 4 is 0 Å². The van der Waals surface area contributed by atoms with E-state index in [4.69, 9.17) is 5.73 Å². The standard InChI is InChI=1S/C8H14N2/c1-8(2)5-4-7(9)6-10(8)3/h4-6H,9H2,1-3H3. The van der Waals surface area contributed by atoms with Crippen LogP contribution in [0.5, 0.6) is 0 Å². The second-order valence-corrected chi connectivity index (χ2v) is 3.23. The molecule has 0 saturated heterocycles. The molecule has 2 N–H and O–H groups in total. The van der Waals surface area contributed by atoms with E-state index in [-0.39, 0.29) is 5.54 Å². The molecule has 10 heavy (non-hydrogen) atoms. The fraction of sp³-hybridized carbons (Fsp3) is 0.500. The van der Waals surface area contributed by atoms with Crippen molar-refractivity contribution in [1.82, 2.24) is 4.90 Å². The lowest BCUT2D eigenvalue weighted by atomic mass is 10.0. The summed E-state index contributed by atoms with van der Waals surface area (Å²) in [5, 5.41) is 0. The van der Waals surface area contributed by atoms with Crippen LogP contribution < -0.4 is 5.73 Å².